The van der Waals surface area contributed by atoms with E-state index in [0.717, 1.165) is 13.8 Å². The Labute approximate surface area is 384 Å². The van der Waals surface area contributed by atoms with Gasteiger partial charge in [-0.05, 0) is 0 Å². The molecule has 0 aromatic heterocycles. The summed E-state index contributed by atoms with van der Waals surface area (Å²) in [6.45, 7) is -3.11. The van der Waals surface area contributed by atoms with Crippen LogP contribution in [0.3, 0.4) is 0 Å². The summed E-state index contributed by atoms with van der Waals surface area (Å²) in [5, 5.41) is 184. The highest BCUT2D eigenvalue weighted by atomic mass is 16.8. The standard InChI is InChI=1S/C37H62N2O29/c1-9(44)38-17-11(46)3-37(36(58)59,68-29(17)19(48)12(47)4-40)60-8-16-21(50)24(53)26(55)34(64-16)65-28-15(7-43)63-33(18(23(28)52)39-10(2)45)67-31-25(54)20(49)13(5-41)62-35(31)66-30-22(51)14(6-42)61-32(57)27(30)56/h11-35,40-43,46-57H,3-8H2,1-2H3,(H,38,44)(H,39,45)(H,58,59)/t11-,12+,13+,14+,15+,16+,17+,18+,19+,20+,21-,22+,23+,24-,25-,26+,27-,28+,29+,30-,31-,32+,33-,34-,35+,37+/m0/s1. The van der Waals surface area contributed by atoms with E-state index in [-0.39, 0.29) is 0 Å². The van der Waals surface area contributed by atoms with Gasteiger partial charge in [0, 0.05) is 20.3 Å². The molecule has 0 bridgehead atoms. The molecular weight excluding hydrogens is 936 g/mol. The summed E-state index contributed by atoms with van der Waals surface area (Å²) < 4.78 is 50.5. The van der Waals surface area contributed by atoms with Crippen LogP contribution >= 0.6 is 0 Å². The van der Waals surface area contributed by atoms with Crippen molar-refractivity contribution in [2.75, 3.05) is 33.0 Å². The van der Waals surface area contributed by atoms with Crippen molar-refractivity contribution in [2.24, 2.45) is 0 Å². The molecule has 0 spiro atoms. The third kappa shape index (κ3) is 12.0. The van der Waals surface area contributed by atoms with Crippen molar-refractivity contribution < 1.29 is 144 Å². The van der Waals surface area contributed by atoms with E-state index in [1.165, 1.54) is 0 Å². The number of hydrogen-bond acceptors (Lipinski definition) is 28. The first-order chi connectivity index (χ1) is 31.9. The van der Waals surface area contributed by atoms with Gasteiger partial charge in [0.05, 0.1) is 45.2 Å². The zero-order valence-electron chi connectivity index (χ0n) is 36.2. The molecule has 5 heterocycles. The Balaban J connectivity index is 1.37. The minimum absolute atomic E-state index is 0.778. The molecule has 19 N–H and O–H groups in total. The molecule has 31 nitrogen and oxygen atoms in total. The molecule has 5 rings (SSSR count). The molecule has 2 amide bonds. The number of ether oxygens (including phenoxy) is 9. The highest BCUT2D eigenvalue weighted by Gasteiger charge is 2.59. The molecule has 5 aliphatic heterocycles. The fraction of sp³-hybridized carbons (Fsp3) is 0.919. The van der Waals surface area contributed by atoms with Crippen LogP contribution in [0.2, 0.25) is 0 Å². The number of carbonyl (C=O) groups is 3. The van der Waals surface area contributed by atoms with Gasteiger partial charge in [-0.1, -0.05) is 0 Å². The molecule has 5 fully saturated rings. The second kappa shape index (κ2) is 23.8. The van der Waals surface area contributed by atoms with Crippen LogP contribution in [0.5, 0.6) is 0 Å². The van der Waals surface area contributed by atoms with Crippen LogP contribution < -0.4 is 10.6 Å². The van der Waals surface area contributed by atoms with Crippen molar-refractivity contribution in [1.29, 1.82) is 0 Å². The van der Waals surface area contributed by atoms with Crippen LogP contribution in [0.25, 0.3) is 0 Å². The van der Waals surface area contributed by atoms with Crippen molar-refractivity contribution in [3.63, 3.8) is 0 Å². The van der Waals surface area contributed by atoms with Crippen LogP contribution in [0, 0.1) is 0 Å². The highest BCUT2D eigenvalue weighted by Crippen LogP contribution is 2.37. The lowest BCUT2D eigenvalue weighted by molar-refractivity contribution is -0.388. The SMILES string of the molecule is CC(=O)N[C@H]1[C@H](O[C@@H]2[C@@H](O[C@@H]3[C@H](O)[C@H](O)O[C@H](CO)[C@H]3O)O[C@H](CO)[C@@H](O)[C@@H]2O)O[C@H](CO)[C@@H](O[C@@H]2O[C@H](CO[C@]3(C(=O)O)C[C@H](O)[C@@H](NC(C)=O)[C@H]([C@H](O)[C@H](O)CO)O3)[C@H](O)[C@H](O)[C@H]2O)[C@@H]1O. The number of aliphatic carboxylic acids is 1. The first-order valence-electron chi connectivity index (χ1n) is 21.2. The molecule has 26 atom stereocenters. The number of carboxylic acids is 1. The smallest absolute Gasteiger partial charge is 0.364 e. The van der Waals surface area contributed by atoms with Crippen LogP contribution in [0.1, 0.15) is 20.3 Å². The van der Waals surface area contributed by atoms with Gasteiger partial charge in [0.2, 0.25) is 11.8 Å². The number of aliphatic hydroxyl groups is 16. The molecular formula is C37H62N2O29. The van der Waals surface area contributed by atoms with Crippen molar-refractivity contribution in [3.8, 4) is 0 Å². The van der Waals surface area contributed by atoms with E-state index in [1.807, 2.05) is 0 Å². The number of nitrogens with one attached hydrogen (secondary N) is 2. The summed E-state index contributed by atoms with van der Waals surface area (Å²) in [7, 11) is 0. The fourth-order valence-electron chi connectivity index (χ4n) is 8.40. The topological polar surface area (TPSA) is 502 Å². The molecule has 0 aromatic rings. The van der Waals surface area contributed by atoms with Crippen LogP contribution in [0.4, 0.5) is 0 Å². The van der Waals surface area contributed by atoms with E-state index in [4.69, 9.17) is 42.6 Å². The quantitative estimate of drug-likeness (QED) is 0.0606. The predicted octanol–water partition coefficient (Wildman–Crippen LogP) is -12.4. The highest BCUT2D eigenvalue weighted by molar-refractivity contribution is 5.76. The zero-order valence-corrected chi connectivity index (χ0v) is 36.2. The Bertz CT molecular complexity index is 1660. The van der Waals surface area contributed by atoms with Gasteiger partial charge in [-0.25, -0.2) is 4.79 Å². The van der Waals surface area contributed by atoms with Crippen LogP contribution in [0.15, 0.2) is 0 Å². The summed E-state index contributed by atoms with van der Waals surface area (Å²) in [5.74, 6) is -6.58. The van der Waals surface area contributed by atoms with Gasteiger partial charge in [0.1, 0.15) is 116 Å². The molecule has 0 aliphatic carbocycles. The lowest BCUT2D eigenvalue weighted by atomic mass is 9.88. The van der Waals surface area contributed by atoms with Gasteiger partial charge in [-0.15, -0.1) is 0 Å². The molecule has 0 aromatic carbocycles. The zero-order chi connectivity index (χ0) is 50.7. The van der Waals surface area contributed by atoms with Crippen molar-refractivity contribution in [2.45, 2.75) is 179 Å². The van der Waals surface area contributed by atoms with Gasteiger partial charge in [-0.3, -0.25) is 9.59 Å². The second-order valence-corrected chi connectivity index (χ2v) is 16.9. The van der Waals surface area contributed by atoms with Crippen molar-refractivity contribution in [1.82, 2.24) is 10.6 Å². The van der Waals surface area contributed by atoms with Gasteiger partial charge in [0.25, 0.3) is 5.79 Å². The number of aliphatic hydroxyl groups excluding tert-OH is 16. The van der Waals surface area contributed by atoms with Crippen LogP contribution in [-0.2, 0) is 57.0 Å². The van der Waals surface area contributed by atoms with Crippen LogP contribution in [-0.4, -0.2) is 297 Å². The van der Waals surface area contributed by atoms with Gasteiger partial charge in [0.15, 0.2) is 25.2 Å². The van der Waals surface area contributed by atoms with E-state index >= 15 is 0 Å². The summed E-state index contributed by atoms with van der Waals surface area (Å²) in [5.41, 5.74) is 0. The van der Waals surface area contributed by atoms with Crippen molar-refractivity contribution >= 4 is 17.8 Å². The third-order valence-corrected chi connectivity index (χ3v) is 12.1. The van der Waals surface area contributed by atoms with E-state index in [2.05, 4.69) is 10.6 Å². The lowest BCUT2D eigenvalue weighted by Crippen LogP contribution is -2.70. The summed E-state index contributed by atoms with van der Waals surface area (Å²) in [4.78, 5) is 37.1. The molecule has 5 aliphatic rings. The van der Waals surface area contributed by atoms with E-state index < -0.39 is 216 Å². The summed E-state index contributed by atoms with van der Waals surface area (Å²) >= 11 is 0. The Morgan fingerprint density at radius 1 is 0.588 bits per heavy atom. The minimum atomic E-state index is -2.96. The lowest BCUT2D eigenvalue weighted by Gasteiger charge is -2.50. The molecule has 31 heteroatoms. The Morgan fingerprint density at radius 2 is 1.12 bits per heavy atom. The molecule has 5 saturated heterocycles. The average molecular weight is 999 g/mol. The fourth-order valence-corrected chi connectivity index (χ4v) is 8.40. The maximum absolute atomic E-state index is 12.7. The minimum Gasteiger partial charge on any atom is -0.477 e. The van der Waals surface area contributed by atoms with Gasteiger partial charge >= 0.3 is 5.97 Å². The van der Waals surface area contributed by atoms with Gasteiger partial charge < -0.3 is 140 Å². The number of hydrogen-bond donors (Lipinski definition) is 19. The Hall–Kier alpha value is -2.59. The molecule has 68 heavy (non-hydrogen) atoms. The normalized spacial score (nSPS) is 46.6. The first kappa shape index (κ1) is 56.3. The maximum Gasteiger partial charge on any atom is 0.364 e. The van der Waals surface area contributed by atoms with Gasteiger partial charge in [-0.2, -0.15) is 0 Å². The Kier molecular flexibility index (Phi) is 19.7. The first-order valence-corrected chi connectivity index (χ1v) is 21.2. The van der Waals surface area contributed by atoms with Crippen molar-refractivity contribution in [3.05, 3.63) is 0 Å². The molecule has 0 unspecified atom stereocenters. The second-order valence-electron chi connectivity index (χ2n) is 16.9. The number of amides is 2. The molecule has 0 saturated carbocycles. The van der Waals surface area contributed by atoms with E-state index in [9.17, 15) is 101 Å². The summed E-state index contributed by atoms with van der Waals surface area (Å²) in [6.07, 6.45) is -46.5. The number of carboxylic acid groups (broad SMARTS) is 1. The number of rotatable bonds is 18. The number of carbonyl (C=O) groups excluding carboxylic acids is 2. The summed E-state index contributed by atoms with van der Waals surface area (Å²) in [6, 6.07) is -3.40. The molecule has 0 radical (unpaired) electrons. The molecule has 394 valence electrons. The van der Waals surface area contributed by atoms with E-state index in [1.54, 1.807) is 0 Å². The largest absolute Gasteiger partial charge is 0.477 e. The predicted molar refractivity (Wildman–Crippen MR) is 207 cm³/mol. The Morgan fingerprint density at radius 3 is 1.69 bits per heavy atom. The third-order valence-electron chi connectivity index (χ3n) is 12.1. The average Bonchev–Trinajstić information content (AvgIpc) is 3.29. The van der Waals surface area contributed by atoms with E-state index in [0.29, 0.717) is 0 Å². The maximum atomic E-state index is 12.7. The monoisotopic (exact) mass is 998 g/mol.